The van der Waals surface area contributed by atoms with Crippen LogP contribution in [0.1, 0.15) is 22.3 Å². The van der Waals surface area contributed by atoms with Crippen LogP contribution >= 0.6 is 0 Å². The molecule has 2 amide bonds. The van der Waals surface area contributed by atoms with Gasteiger partial charge >= 0.3 is 12.1 Å². The van der Waals surface area contributed by atoms with E-state index in [1.807, 2.05) is 72.8 Å². The second-order valence-electron chi connectivity index (χ2n) is 11.2. The lowest BCUT2D eigenvalue weighted by molar-refractivity contribution is -0.143. The molecule has 5 rings (SSSR count). The fourth-order valence-corrected chi connectivity index (χ4v) is 5.24. The van der Waals surface area contributed by atoms with Crippen molar-refractivity contribution in [3.8, 4) is 11.1 Å². The van der Waals surface area contributed by atoms with Gasteiger partial charge in [-0.3, -0.25) is 9.59 Å². The summed E-state index contributed by atoms with van der Waals surface area (Å²) >= 11 is 0. The fourth-order valence-electron chi connectivity index (χ4n) is 5.24. The number of benzene rings is 3. The lowest BCUT2D eigenvalue weighted by atomic mass is 9.99. The number of ether oxygens (including phenoxy) is 2. The van der Waals surface area contributed by atoms with Crippen molar-refractivity contribution in [2.45, 2.75) is 31.2 Å². The maximum Gasteiger partial charge on any atom is 0.528 e. The molecule has 0 aliphatic carbocycles. The highest BCUT2D eigenvalue weighted by Gasteiger charge is 2.36. The maximum absolute atomic E-state index is 13.1. The number of aliphatic carboxylic acids is 1. The van der Waals surface area contributed by atoms with Gasteiger partial charge in [-0.15, -0.1) is 5.06 Å². The molecule has 4 N–H and O–H groups in total. The van der Waals surface area contributed by atoms with Gasteiger partial charge in [0, 0.05) is 24.8 Å². The SMILES string of the molecule is O=C(COC1CC(CNc2ccccn2)N(OC(=O)OCc2ccccc2)C1)NCC(NC(=O)c1ccccc1-c1ccccc1)C(=O)O. The minimum Gasteiger partial charge on any atom is -0.480 e. The Kier molecular flexibility index (Phi) is 12.3. The minimum atomic E-state index is -1.39. The highest BCUT2D eigenvalue weighted by molar-refractivity contribution is 6.02. The number of rotatable bonds is 15. The number of carbonyl (C=O) groups excluding carboxylic acids is 3. The molecule has 0 saturated carbocycles. The van der Waals surface area contributed by atoms with Crippen LogP contribution in [0.4, 0.5) is 10.6 Å². The van der Waals surface area contributed by atoms with E-state index in [1.54, 1.807) is 36.5 Å². The summed E-state index contributed by atoms with van der Waals surface area (Å²) in [6.07, 6.45) is 0.694. The molecule has 3 aromatic carbocycles. The smallest absolute Gasteiger partial charge is 0.480 e. The zero-order chi connectivity index (χ0) is 34.4. The Morgan fingerprint density at radius 1 is 0.898 bits per heavy atom. The number of hydroxylamine groups is 2. The first kappa shape index (κ1) is 34.5. The number of anilines is 1. The number of hydrogen-bond acceptors (Lipinski definition) is 10. The molecule has 4 aromatic rings. The molecule has 1 aromatic heterocycles. The van der Waals surface area contributed by atoms with E-state index < -0.39 is 36.1 Å². The number of pyridine rings is 1. The molecule has 3 unspecified atom stereocenters. The van der Waals surface area contributed by atoms with E-state index >= 15 is 0 Å². The largest absolute Gasteiger partial charge is 0.528 e. The second-order valence-corrected chi connectivity index (χ2v) is 11.2. The van der Waals surface area contributed by atoms with Gasteiger partial charge in [-0.2, -0.15) is 0 Å². The summed E-state index contributed by atoms with van der Waals surface area (Å²) in [4.78, 5) is 60.1. The highest BCUT2D eigenvalue weighted by Crippen LogP contribution is 2.24. The van der Waals surface area contributed by atoms with Gasteiger partial charge in [0.05, 0.1) is 18.7 Å². The molecule has 254 valence electrons. The van der Waals surface area contributed by atoms with Gasteiger partial charge in [0.25, 0.3) is 5.91 Å². The maximum atomic E-state index is 13.1. The number of carboxylic acid groups (broad SMARTS) is 1. The number of nitrogens with zero attached hydrogens (tertiary/aromatic N) is 2. The van der Waals surface area contributed by atoms with Gasteiger partial charge in [-0.25, -0.2) is 14.6 Å². The predicted octanol–water partition coefficient (Wildman–Crippen LogP) is 3.89. The monoisotopic (exact) mass is 667 g/mol. The number of amides is 2. The van der Waals surface area contributed by atoms with Gasteiger partial charge in [0.2, 0.25) is 5.91 Å². The second kappa shape index (κ2) is 17.4. The average molecular weight is 668 g/mol. The van der Waals surface area contributed by atoms with E-state index in [-0.39, 0.29) is 32.3 Å². The highest BCUT2D eigenvalue weighted by atomic mass is 16.8. The van der Waals surface area contributed by atoms with Crippen molar-refractivity contribution in [2.75, 3.05) is 31.6 Å². The first-order chi connectivity index (χ1) is 23.9. The third-order valence-corrected chi connectivity index (χ3v) is 7.71. The summed E-state index contributed by atoms with van der Waals surface area (Å²) in [5.74, 6) is -1.83. The molecule has 13 heteroatoms. The lowest BCUT2D eigenvalue weighted by Crippen LogP contribution is -2.49. The van der Waals surface area contributed by atoms with E-state index in [0.717, 1.165) is 11.1 Å². The molecular formula is C36H37N5O8. The zero-order valence-corrected chi connectivity index (χ0v) is 26.6. The molecule has 0 bridgehead atoms. The van der Waals surface area contributed by atoms with Crippen molar-refractivity contribution in [1.82, 2.24) is 20.7 Å². The van der Waals surface area contributed by atoms with E-state index in [4.69, 9.17) is 14.3 Å². The number of carboxylic acids is 1. The Morgan fingerprint density at radius 2 is 1.61 bits per heavy atom. The number of hydrogen-bond donors (Lipinski definition) is 4. The van der Waals surface area contributed by atoms with E-state index in [2.05, 4.69) is 20.9 Å². The molecule has 1 aliphatic heterocycles. The Bertz CT molecular complexity index is 1690. The molecule has 1 saturated heterocycles. The minimum absolute atomic E-state index is 0.0434. The van der Waals surface area contributed by atoms with Crippen LogP contribution in [-0.2, 0) is 30.5 Å². The molecule has 13 nitrogen and oxygen atoms in total. The summed E-state index contributed by atoms with van der Waals surface area (Å²) in [7, 11) is 0. The van der Waals surface area contributed by atoms with Crippen molar-refractivity contribution >= 4 is 29.8 Å². The van der Waals surface area contributed by atoms with E-state index in [9.17, 15) is 24.3 Å². The lowest BCUT2D eigenvalue weighted by Gasteiger charge is -2.22. The summed E-state index contributed by atoms with van der Waals surface area (Å²) < 4.78 is 11.1. The summed E-state index contributed by atoms with van der Waals surface area (Å²) in [6, 6.07) is 29.1. The van der Waals surface area contributed by atoms with Gasteiger partial charge in [0.15, 0.2) is 0 Å². The normalized spacial score (nSPS) is 16.2. The fraction of sp³-hybridized carbons (Fsp3) is 0.250. The molecule has 3 atom stereocenters. The van der Waals surface area contributed by atoms with Crippen LogP contribution in [0.15, 0.2) is 109 Å². The van der Waals surface area contributed by atoms with Gasteiger partial charge < -0.3 is 35.4 Å². The van der Waals surface area contributed by atoms with Crippen LogP contribution in [0.5, 0.6) is 0 Å². The van der Waals surface area contributed by atoms with Crippen molar-refractivity contribution in [3.05, 3.63) is 120 Å². The number of aromatic nitrogens is 1. The van der Waals surface area contributed by atoms with Crippen LogP contribution in [0.25, 0.3) is 11.1 Å². The first-order valence-electron chi connectivity index (χ1n) is 15.7. The van der Waals surface area contributed by atoms with Gasteiger partial charge in [-0.05, 0) is 41.3 Å². The molecule has 1 fully saturated rings. The molecule has 1 aliphatic rings. The number of carbonyl (C=O) groups is 4. The van der Waals surface area contributed by atoms with Crippen LogP contribution in [-0.4, -0.2) is 83.5 Å². The van der Waals surface area contributed by atoms with Gasteiger partial charge in [0.1, 0.15) is 25.1 Å². The predicted molar refractivity (Wildman–Crippen MR) is 179 cm³/mol. The van der Waals surface area contributed by atoms with Crippen LogP contribution in [0.2, 0.25) is 0 Å². The first-order valence-corrected chi connectivity index (χ1v) is 15.7. The van der Waals surface area contributed by atoms with Crippen molar-refractivity contribution in [2.24, 2.45) is 0 Å². The summed E-state index contributed by atoms with van der Waals surface area (Å²) in [5, 5.41) is 19.5. The van der Waals surface area contributed by atoms with Crippen LogP contribution in [0.3, 0.4) is 0 Å². The molecular weight excluding hydrogens is 630 g/mol. The quantitative estimate of drug-likeness (QED) is 0.136. The summed E-state index contributed by atoms with van der Waals surface area (Å²) in [6.45, 7) is -0.170. The summed E-state index contributed by atoms with van der Waals surface area (Å²) in [5.41, 5.74) is 2.57. The standard InChI is InChI=1S/C36H37N5O8/c42-33(39-21-31(35(44)45)40-34(43)30-16-8-7-15-29(30)26-13-5-2-6-14-26)24-47-28-19-27(20-38-32-17-9-10-18-37-32)41(22-28)49-36(46)48-23-25-11-3-1-4-12-25/h1-18,27-28,31H,19-24H2,(H,37,38)(H,39,42)(H,40,43)(H,44,45). The van der Waals surface area contributed by atoms with E-state index in [0.29, 0.717) is 29.9 Å². The van der Waals surface area contributed by atoms with Crippen LogP contribution < -0.4 is 16.0 Å². The Labute approximate surface area is 283 Å². The van der Waals surface area contributed by atoms with Crippen molar-refractivity contribution in [3.63, 3.8) is 0 Å². The topological polar surface area (TPSA) is 168 Å². The number of nitrogens with one attached hydrogen (secondary N) is 3. The zero-order valence-electron chi connectivity index (χ0n) is 26.6. The molecule has 49 heavy (non-hydrogen) atoms. The van der Waals surface area contributed by atoms with Crippen molar-refractivity contribution in [1.29, 1.82) is 0 Å². The Balaban J connectivity index is 1.12. The Morgan fingerprint density at radius 3 is 2.35 bits per heavy atom. The third-order valence-electron chi connectivity index (χ3n) is 7.71. The van der Waals surface area contributed by atoms with E-state index in [1.165, 1.54) is 5.06 Å². The molecule has 0 radical (unpaired) electrons. The average Bonchev–Trinajstić information content (AvgIpc) is 3.52. The van der Waals surface area contributed by atoms with Crippen LogP contribution in [0, 0.1) is 0 Å². The third kappa shape index (κ3) is 10.3. The van der Waals surface area contributed by atoms with Crippen molar-refractivity contribution < 1.29 is 38.6 Å². The Hall–Kier alpha value is -5.79. The molecule has 2 heterocycles. The molecule has 0 spiro atoms. The van der Waals surface area contributed by atoms with Gasteiger partial charge in [-0.1, -0.05) is 84.9 Å².